The lowest BCUT2D eigenvalue weighted by Crippen LogP contribution is -2.23. The summed E-state index contributed by atoms with van der Waals surface area (Å²) >= 11 is 3.13. The van der Waals surface area contributed by atoms with E-state index in [1.165, 1.54) is 11.8 Å². The number of thiophene rings is 1. The minimum Gasteiger partial charge on any atom is -0.364 e. The topological polar surface area (TPSA) is 60.9 Å². The van der Waals surface area contributed by atoms with Crippen LogP contribution in [-0.4, -0.2) is 14.7 Å². The lowest BCUT2D eigenvalue weighted by molar-refractivity contribution is 0.414. The molecule has 5 nitrogen and oxygen atoms in total. The number of nitrogens with zero attached hydrogens (tertiary/aromatic N) is 3. The van der Waals surface area contributed by atoms with Crippen LogP contribution in [0.15, 0.2) is 26.8 Å². The van der Waals surface area contributed by atoms with Crippen molar-refractivity contribution in [1.29, 1.82) is 0 Å². The Morgan fingerprint density at radius 3 is 2.91 bits per heavy atom. The van der Waals surface area contributed by atoms with E-state index in [-0.39, 0.29) is 5.56 Å². The van der Waals surface area contributed by atoms with Crippen molar-refractivity contribution in [1.82, 2.24) is 14.7 Å². The van der Waals surface area contributed by atoms with Crippen LogP contribution in [0.2, 0.25) is 0 Å². The molecule has 0 atom stereocenters. The summed E-state index contributed by atoms with van der Waals surface area (Å²) in [7, 11) is 0. The van der Waals surface area contributed by atoms with Gasteiger partial charge in [0.15, 0.2) is 5.16 Å². The maximum absolute atomic E-state index is 12.9. The predicted molar refractivity (Wildman–Crippen MR) is 94.3 cm³/mol. The molecule has 0 amide bonds. The standard InChI is InChI=1S/C16H19N3O2S2/c1-4-5-7-19-15(20)13-10(2)11(3)23-14(13)17-16(19)22-9-12-6-8-21-18-12/h6,8H,4-5,7,9H2,1-3H3. The Bertz CT molecular complexity index is 866. The van der Waals surface area contributed by atoms with E-state index in [9.17, 15) is 4.79 Å². The van der Waals surface area contributed by atoms with Gasteiger partial charge in [-0.1, -0.05) is 30.3 Å². The summed E-state index contributed by atoms with van der Waals surface area (Å²) in [6.07, 6.45) is 3.56. The van der Waals surface area contributed by atoms with E-state index < -0.39 is 0 Å². The van der Waals surface area contributed by atoms with Crippen LogP contribution in [0.4, 0.5) is 0 Å². The predicted octanol–water partition coefficient (Wildman–Crippen LogP) is 4.16. The lowest BCUT2D eigenvalue weighted by Gasteiger charge is -2.11. The molecule has 0 aliphatic rings. The Balaban J connectivity index is 2.04. The molecule has 122 valence electrons. The van der Waals surface area contributed by atoms with Crippen LogP contribution in [0.1, 0.15) is 35.9 Å². The molecule has 0 fully saturated rings. The highest BCUT2D eigenvalue weighted by Gasteiger charge is 2.16. The van der Waals surface area contributed by atoms with Crippen molar-refractivity contribution in [3.63, 3.8) is 0 Å². The molecule has 0 aliphatic carbocycles. The highest BCUT2D eigenvalue weighted by molar-refractivity contribution is 7.98. The van der Waals surface area contributed by atoms with Gasteiger partial charge in [0.05, 0.1) is 11.1 Å². The smallest absolute Gasteiger partial charge is 0.263 e. The molecule has 0 unspecified atom stereocenters. The summed E-state index contributed by atoms with van der Waals surface area (Å²) in [5, 5.41) is 5.45. The van der Waals surface area contributed by atoms with Crippen LogP contribution in [0.3, 0.4) is 0 Å². The lowest BCUT2D eigenvalue weighted by atomic mass is 10.2. The van der Waals surface area contributed by atoms with Gasteiger partial charge < -0.3 is 4.52 Å². The summed E-state index contributed by atoms with van der Waals surface area (Å²) in [4.78, 5) is 19.7. The average Bonchev–Trinajstić information content (AvgIpc) is 3.13. The number of aryl methyl sites for hydroxylation is 2. The fourth-order valence-corrected chi connectivity index (χ4v) is 4.37. The van der Waals surface area contributed by atoms with E-state index in [0.717, 1.165) is 44.3 Å². The maximum Gasteiger partial charge on any atom is 0.263 e. The highest BCUT2D eigenvalue weighted by atomic mass is 32.2. The highest BCUT2D eigenvalue weighted by Crippen LogP contribution is 2.29. The first kappa shape index (κ1) is 16.3. The SMILES string of the molecule is CCCCn1c(SCc2ccon2)nc2sc(C)c(C)c2c1=O. The fraction of sp³-hybridized carbons (Fsp3) is 0.438. The molecule has 0 saturated carbocycles. The minimum absolute atomic E-state index is 0.0768. The van der Waals surface area contributed by atoms with Crippen molar-refractivity contribution in [3.8, 4) is 0 Å². The second-order valence-corrected chi connectivity index (χ2v) is 7.59. The zero-order valence-corrected chi connectivity index (χ0v) is 15.1. The van der Waals surface area contributed by atoms with Gasteiger partial charge in [0.2, 0.25) is 0 Å². The minimum atomic E-state index is 0.0768. The van der Waals surface area contributed by atoms with E-state index >= 15 is 0 Å². The van der Waals surface area contributed by atoms with Gasteiger partial charge in [-0.3, -0.25) is 9.36 Å². The van der Waals surface area contributed by atoms with Crippen LogP contribution in [0, 0.1) is 13.8 Å². The van der Waals surface area contributed by atoms with Crippen LogP contribution in [-0.2, 0) is 12.3 Å². The van der Waals surface area contributed by atoms with Gasteiger partial charge in [0, 0.05) is 23.2 Å². The molecule has 0 saturated heterocycles. The Labute approximate surface area is 142 Å². The first-order valence-corrected chi connectivity index (χ1v) is 9.44. The number of rotatable bonds is 6. The Morgan fingerprint density at radius 1 is 1.39 bits per heavy atom. The molecular formula is C16H19N3O2S2. The van der Waals surface area contributed by atoms with Gasteiger partial charge in [-0.05, 0) is 25.8 Å². The summed E-state index contributed by atoms with van der Waals surface area (Å²) < 4.78 is 6.68. The molecule has 0 radical (unpaired) electrons. The third-order valence-electron chi connectivity index (χ3n) is 3.83. The first-order chi connectivity index (χ1) is 11.1. The molecule has 0 aliphatic heterocycles. The monoisotopic (exact) mass is 349 g/mol. The van der Waals surface area contributed by atoms with Crippen molar-refractivity contribution in [2.24, 2.45) is 0 Å². The molecule has 0 aromatic carbocycles. The van der Waals surface area contributed by atoms with Gasteiger partial charge in [-0.15, -0.1) is 11.3 Å². The molecule has 3 aromatic heterocycles. The second-order valence-electron chi connectivity index (χ2n) is 5.45. The molecule has 3 rings (SSSR count). The number of hydrogen-bond donors (Lipinski definition) is 0. The molecular weight excluding hydrogens is 330 g/mol. The van der Waals surface area contributed by atoms with Gasteiger partial charge in [0.25, 0.3) is 5.56 Å². The van der Waals surface area contributed by atoms with E-state index in [1.54, 1.807) is 17.6 Å². The molecule has 0 spiro atoms. The summed E-state index contributed by atoms with van der Waals surface area (Å²) in [5.74, 6) is 0.643. The van der Waals surface area contributed by atoms with E-state index in [2.05, 4.69) is 12.1 Å². The average molecular weight is 349 g/mol. The normalized spacial score (nSPS) is 11.4. The van der Waals surface area contributed by atoms with Gasteiger partial charge in [-0.2, -0.15) is 0 Å². The van der Waals surface area contributed by atoms with Crippen molar-refractivity contribution in [2.75, 3.05) is 0 Å². The Hall–Kier alpha value is -1.60. The van der Waals surface area contributed by atoms with Gasteiger partial charge in [0.1, 0.15) is 11.1 Å². The van der Waals surface area contributed by atoms with E-state index in [0.29, 0.717) is 12.3 Å². The number of thioether (sulfide) groups is 1. The van der Waals surface area contributed by atoms with Crippen LogP contribution in [0.5, 0.6) is 0 Å². The molecule has 0 N–H and O–H groups in total. The van der Waals surface area contributed by atoms with Crippen LogP contribution >= 0.6 is 23.1 Å². The number of hydrogen-bond acceptors (Lipinski definition) is 6. The molecule has 7 heteroatoms. The molecule has 3 aromatic rings. The van der Waals surface area contributed by atoms with Crippen LogP contribution in [0.25, 0.3) is 10.2 Å². The third kappa shape index (κ3) is 3.21. The number of aromatic nitrogens is 3. The third-order valence-corrected chi connectivity index (χ3v) is 5.94. The molecule has 23 heavy (non-hydrogen) atoms. The maximum atomic E-state index is 12.9. The van der Waals surface area contributed by atoms with Crippen molar-refractivity contribution < 1.29 is 4.52 Å². The van der Waals surface area contributed by atoms with Gasteiger partial charge >= 0.3 is 0 Å². The van der Waals surface area contributed by atoms with Crippen LogP contribution < -0.4 is 5.56 Å². The molecule has 3 heterocycles. The fourth-order valence-electron chi connectivity index (χ4n) is 2.38. The Kier molecular flexibility index (Phi) is 4.87. The van der Waals surface area contributed by atoms with Crippen molar-refractivity contribution in [3.05, 3.63) is 38.8 Å². The van der Waals surface area contributed by atoms with E-state index in [1.807, 2.05) is 24.5 Å². The zero-order chi connectivity index (χ0) is 16.4. The quantitative estimate of drug-likeness (QED) is 0.494. The van der Waals surface area contributed by atoms with E-state index in [4.69, 9.17) is 9.51 Å². The van der Waals surface area contributed by atoms with Crippen molar-refractivity contribution in [2.45, 2.75) is 51.1 Å². The summed E-state index contributed by atoms with van der Waals surface area (Å²) in [6.45, 7) is 6.87. The first-order valence-electron chi connectivity index (χ1n) is 7.64. The largest absolute Gasteiger partial charge is 0.364 e. The molecule has 0 bridgehead atoms. The number of unbranched alkanes of at least 4 members (excludes halogenated alkanes) is 1. The van der Waals surface area contributed by atoms with Crippen molar-refractivity contribution >= 4 is 33.3 Å². The zero-order valence-electron chi connectivity index (χ0n) is 13.5. The van der Waals surface area contributed by atoms with Gasteiger partial charge in [-0.25, -0.2) is 4.98 Å². The Morgan fingerprint density at radius 2 is 2.22 bits per heavy atom. The number of fused-ring (bicyclic) bond motifs is 1. The second kappa shape index (κ2) is 6.88. The summed E-state index contributed by atoms with van der Waals surface area (Å²) in [5.41, 5.74) is 1.98. The summed E-state index contributed by atoms with van der Waals surface area (Å²) in [6, 6.07) is 1.83.